The van der Waals surface area contributed by atoms with Gasteiger partial charge in [-0.2, -0.15) is 0 Å². The number of aromatic hydroxyl groups is 1. The fourth-order valence-electron chi connectivity index (χ4n) is 4.79. The van der Waals surface area contributed by atoms with Crippen molar-refractivity contribution in [1.29, 1.82) is 0 Å². The van der Waals surface area contributed by atoms with E-state index in [1.54, 1.807) is 40.6 Å². The lowest BCUT2D eigenvalue weighted by Gasteiger charge is -2.21. The van der Waals surface area contributed by atoms with Crippen molar-refractivity contribution >= 4 is 12.2 Å². The van der Waals surface area contributed by atoms with E-state index in [1.807, 2.05) is 66.7 Å². The summed E-state index contributed by atoms with van der Waals surface area (Å²) in [7, 11) is 6.57. The summed E-state index contributed by atoms with van der Waals surface area (Å²) in [6.07, 6.45) is 3.80. The van der Waals surface area contributed by atoms with Gasteiger partial charge in [0.1, 0.15) is 40.6 Å². The number of benzene rings is 4. The highest BCUT2D eigenvalue weighted by atomic mass is 16.5. The second-order valence-electron chi connectivity index (χ2n) is 9.03. The third kappa shape index (κ3) is 5.11. The molecule has 0 spiro atoms. The smallest absolute Gasteiger partial charge is 0.135 e. The predicted octanol–water partition coefficient (Wildman–Crippen LogP) is 6.86. The van der Waals surface area contributed by atoms with Gasteiger partial charge in [0.25, 0.3) is 0 Å². The van der Waals surface area contributed by atoms with E-state index in [1.165, 1.54) is 0 Å². The van der Waals surface area contributed by atoms with Gasteiger partial charge >= 0.3 is 0 Å². The Morgan fingerprint density at radius 1 is 0.605 bits per heavy atom. The lowest BCUT2D eigenvalue weighted by molar-refractivity contribution is 0.222. The molecule has 5 rings (SSSR count). The van der Waals surface area contributed by atoms with Crippen LogP contribution in [0, 0.1) is 0 Å². The van der Waals surface area contributed by atoms with Crippen molar-refractivity contribution in [3.05, 3.63) is 107 Å². The summed E-state index contributed by atoms with van der Waals surface area (Å²) < 4.78 is 28.4. The molecule has 6 heteroatoms. The van der Waals surface area contributed by atoms with Crippen LogP contribution in [-0.4, -0.2) is 33.5 Å². The topological polar surface area (TPSA) is 66.4 Å². The first-order chi connectivity index (χ1) is 18.5. The van der Waals surface area contributed by atoms with Gasteiger partial charge in [0.05, 0.1) is 34.4 Å². The molecular formula is C32H30O6. The number of phenolic OH excluding ortho intramolecular Hbond substituents is 1. The van der Waals surface area contributed by atoms with Gasteiger partial charge in [0.2, 0.25) is 0 Å². The summed E-state index contributed by atoms with van der Waals surface area (Å²) in [6, 6.07) is 25.0. The highest BCUT2D eigenvalue weighted by Crippen LogP contribution is 2.51. The molecule has 0 aromatic heterocycles. The molecule has 0 amide bonds. The van der Waals surface area contributed by atoms with Crippen LogP contribution in [0.2, 0.25) is 0 Å². The summed E-state index contributed by atoms with van der Waals surface area (Å²) in [4.78, 5) is 0. The molecule has 1 aliphatic rings. The number of rotatable bonds is 8. The number of hydrogen-bond donors (Lipinski definition) is 1. The molecule has 1 N–H and O–H groups in total. The Hall–Kier alpha value is -4.58. The van der Waals surface area contributed by atoms with Crippen LogP contribution in [-0.2, 0) is 0 Å². The molecule has 0 bridgehead atoms. The van der Waals surface area contributed by atoms with Gasteiger partial charge in [0.15, 0.2) is 0 Å². The highest BCUT2D eigenvalue weighted by Gasteiger charge is 2.37. The second-order valence-corrected chi connectivity index (χ2v) is 9.03. The molecule has 0 fully saturated rings. The molecule has 4 aromatic rings. The second kappa shape index (κ2) is 10.8. The van der Waals surface area contributed by atoms with Gasteiger partial charge in [-0.15, -0.1) is 0 Å². The van der Waals surface area contributed by atoms with E-state index in [2.05, 4.69) is 12.1 Å². The maximum Gasteiger partial charge on any atom is 0.135 e. The van der Waals surface area contributed by atoms with Crippen LogP contribution in [0.3, 0.4) is 0 Å². The van der Waals surface area contributed by atoms with Crippen LogP contribution in [0.1, 0.15) is 39.8 Å². The summed E-state index contributed by atoms with van der Waals surface area (Å²) in [6.45, 7) is 0. The molecule has 2 unspecified atom stereocenters. The average Bonchev–Trinajstić information content (AvgIpc) is 3.34. The summed E-state index contributed by atoms with van der Waals surface area (Å²) >= 11 is 0. The van der Waals surface area contributed by atoms with Crippen molar-refractivity contribution < 1.29 is 28.8 Å². The minimum atomic E-state index is -0.288. The van der Waals surface area contributed by atoms with Gasteiger partial charge in [-0.05, 0) is 70.8 Å². The van der Waals surface area contributed by atoms with Crippen molar-refractivity contribution in [1.82, 2.24) is 0 Å². The monoisotopic (exact) mass is 510 g/mol. The zero-order valence-electron chi connectivity index (χ0n) is 21.8. The van der Waals surface area contributed by atoms with Crippen LogP contribution in [0.15, 0.2) is 78.9 Å². The highest BCUT2D eigenvalue weighted by molar-refractivity contribution is 5.72. The lowest BCUT2D eigenvalue weighted by atomic mass is 9.84. The number of hydrogen-bond acceptors (Lipinski definition) is 6. The van der Waals surface area contributed by atoms with E-state index in [-0.39, 0.29) is 17.8 Å². The third-order valence-electron chi connectivity index (χ3n) is 6.72. The van der Waals surface area contributed by atoms with Gasteiger partial charge in [-0.25, -0.2) is 0 Å². The maximum absolute atomic E-state index is 9.85. The molecule has 38 heavy (non-hydrogen) atoms. The fraction of sp³-hybridized carbons (Fsp3) is 0.188. The molecule has 4 aromatic carbocycles. The van der Waals surface area contributed by atoms with E-state index in [0.717, 1.165) is 45.1 Å². The van der Waals surface area contributed by atoms with Crippen LogP contribution in [0.25, 0.3) is 12.2 Å². The summed E-state index contributed by atoms with van der Waals surface area (Å²) in [5.74, 6) is 3.79. The van der Waals surface area contributed by atoms with E-state index >= 15 is 0 Å². The average molecular weight is 511 g/mol. The fourth-order valence-corrected chi connectivity index (χ4v) is 4.79. The molecule has 6 nitrogen and oxygen atoms in total. The Balaban J connectivity index is 1.57. The first-order valence-corrected chi connectivity index (χ1v) is 12.2. The maximum atomic E-state index is 9.85. The molecule has 0 saturated carbocycles. The van der Waals surface area contributed by atoms with Crippen molar-refractivity contribution in [2.75, 3.05) is 28.4 Å². The third-order valence-corrected chi connectivity index (χ3v) is 6.72. The number of methoxy groups -OCH3 is 4. The SMILES string of the molecule is COc1cc(/C=C\c2ccc3c(c2)C(c2cc(OC)cc(OC)c2)C(c2ccc(O)cc2)O3)cc(OC)c1. The Morgan fingerprint density at radius 3 is 1.74 bits per heavy atom. The predicted molar refractivity (Wildman–Crippen MR) is 148 cm³/mol. The number of fused-ring (bicyclic) bond motifs is 1. The Bertz CT molecular complexity index is 1410. The number of phenols is 1. The number of ether oxygens (including phenoxy) is 5. The molecular weight excluding hydrogens is 480 g/mol. The summed E-state index contributed by atoms with van der Waals surface area (Å²) in [5.41, 5.74) is 5.03. The van der Waals surface area contributed by atoms with Crippen molar-refractivity contribution in [2.24, 2.45) is 0 Å². The molecule has 1 aliphatic heterocycles. The van der Waals surface area contributed by atoms with E-state index in [4.69, 9.17) is 23.7 Å². The van der Waals surface area contributed by atoms with Crippen LogP contribution in [0.4, 0.5) is 0 Å². The lowest BCUT2D eigenvalue weighted by Crippen LogP contribution is -2.11. The van der Waals surface area contributed by atoms with E-state index in [9.17, 15) is 5.11 Å². The quantitative estimate of drug-likeness (QED) is 0.261. The minimum Gasteiger partial charge on any atom is -0.508 e. The first-order valence-electron chi connectivity index (χ1n) is 12.2. The summed E-state index contributed by atoms with van der Waals surface area (Å²) in [5, 5.41) is 9.85. The molecule has 0 saturated heterocycles. The molecule has 1 heterocycles. The van der Waals surface area contributed by atoms with Gasteiger partial charge in [-0.3, -0.25) is 0 Å². The van der Waals surface area contributed by atoms with E-state index in [0.29, 0.717) is 11.5 Å². The first kappa shape index (κ1) is 25.1. The standard InChI is InChI=1S/C32H30O6/c1-34-25-13-21(14-26(18-25)35-2)6-5-20-7-12-30-29(15-20)31(23-16-27(36-3)19-28(17-23)37-4)32(38-30)22-8-10-24(33)11-9-22/h5-19,31-33H,1-4H3/b6-5-. The van der Waals surface area contributed by atoms with Crippen LogP contribution >= 0.6 is 0 Å². The molecule has 0 radical (unpaired) electrons. The van der Waals surface area contributed by atoms with E-state index < -0.39 is 0 Å². The van der Waals surface area contributed by atoms with Crippen molar-refractivity contribution in [3.63, 3.8) is 0 Å². The Labute approximate surface area is 222 Å². The van der Waals surface area contributed by atoms with Crippen molar-refractivity contribution in [2.45, 2.75) is 12.0 Å². The minimum absolute atomic E-state index is 0.121. The molecule has 2 atom stereocenters. The largest absolute Gasteiger partial charge is 0.508 e. The zero-order chi connectivity index (χ0) is 26.6. The molecule has 0 aliphatic carbocycles. The Morgan fingerprint density at radius 2 is 1.16 bits per heavy atom. The van der Waals surface area contributed by atoms with Crippen molar-refractivity contribution in [3.8, 4) is 34.5 Å². The molecule has 194 valence electrons. The Kier molecular flexibility index (Phi) is 7.13. The zero-order valence-corrected chi connectivity index (χ0v) is 21.8. The van der Waals surface area contributed by atoms with Gasteiger partial charge in [0, 0.05) is 17.7 Å². The van der Waals surface area contributed by atoms with Gasteiger partial charge in [-0.1, -0.05) is 30.4 Å². The normalized spacial score (nSPS) is 16.1. The van der Waals surface area contributed by atoms with Crippen LogP contribution in [0.5, 0.6) is 34.5 Å². The van der Waals surface area contributed by atoms with Gasteiger partial charge < -0.3 is 28.8 Å². The van der Waals surface area contributed by atoms with Crippen LogP contribution < -0.4 is 23.7 Å².